The smallest absolute Gasteiger partial charge is 0.229 e. The second-order valence-corrected chi connectivity index (χ2v) is 9.48. The predicted octanol–water partition coefficient (Wildman–Crippen LogP) is 3.64. The summed E-state index contributed by atoms with van der Waals surface area (Å²) in [6, 6.07) is 7.92. The molecule has 0 bridgehead atoms. The van der Waals surface area contributed by atoms with Crippen LogP contribution in [0.25, 0.3) is 0 Å². The van der Waals surface area contributed by atoms with Crippen LogP contribution in [0.5, 0.6) is 0 Å². The van der Waals surface area contributed by atoms with E-state index in [2.05, 4.69) is 4.72 Å². The van der Waals surface area contributed by atoms with Crippen LogP contribution >= 0.6 is 0 Å². The lowest BCUT2D eigenvalue weighted by molar-refractivity contribution is 0.0571. The van der Waals surface area contributed by atoms with Crippen molar-refractivity contribution in [3.05, 3.63) is 65.2 Å². The highest BCUT2D eigenvalue weighted by molar-refractivity contribution is 7.92. The monoisotopic (exact) mass is 450 g/mol. The summed E-state index contributed by atoms with van der Waals surface area (Å²) in [7, 11) is -3.42. The molecule has 1 heterocycles. The number of sulfonamides is 1. The Morgan fingerprint density at radius 2 is 1.68 bits per heavy atom. The molecule has 1 fully saturated rings. The van der Waals surface area contributed by atoms with Crippen LogP contribution in [-0.4, -0.2) is 49.8 Å². The van der Waals surface area contributed by atoms with E-state index in [0.29, 0.717) is 24.2 Å². The SMILES string of the molecule is CC(C(=O)c1ccc(NS(C)(=O)=O)cc1)N1CCCCC1C(=O)c1ccc(F)c(F)c1. The Morgan fingerprint density at radius 3 is 2.29 bits per heavy atom. The van der Waals surface area contributed by atoms with E-state index in [-0.39, 0.29) is 17.1 Å². The van der Waals surface area contributed by atoms with Gasteiger partial charge in [0, 0.05) is 16.8 Å². The highest BCUT2D eigenvalue weighted by Crippen LogP contribution is 2.25. The van der Waals surface area contributed by atoms with Crippen LogP contribution in [-0.2, 0) is 10.0 Å². The zero-order valence-electron chi connectivity index (χ0n) is 17.3. The van der Waals surface area contributed by atoms with E-state index in [0.717, 1.165) is 31.2 Å². The minimum atomic E-state index is -3.42. The molecule has 31 heavy (non-hydrogen) atoms. The molecule has 3 rings (SSSR count). The summed E-state index contributed by atoms with van der Waals surface area (Å²) in [5, 5.41) is 0. The number of nitrogens with one attached hydrogen (secondary N) is 1. The Labute approximate surface area is 180 Å². The van der Waals surface area contributed by atoms with Gasteiger partial charge in [0.25, 0.3) is 0 Å². The third-order valence-electron chi connectivity index (χ3n) is 5.40. The molecule has 2 atom stereocenters. The van der Waals surface area contributed by atoms with E-state index in [1.165, 1.54) is 30.3 Å². The maximum absolute atomic E-state index is 13.6. The molecule has 0 spiro atoms. The molecule has 0 amide bonds. The average molecular weight is 451 g/mol. The number of Topliss-reactive ketones (excluding diaryl/α,β-unsaturated/α-hetero) is 2. The lowest BCUT2D eigenvalue weighted by Crippen LogP contribution is -2.51. The number of piperidine rings is 1. The average Bonchev–Trinajstić information content (AvgIpc) is 2.73. The van der Waals surface area contributed by atoms with Crippen molar-refractivity contribution >= 4 is 27.3 Å². The van der Waals surface area contributed by atoms with Crippen LogP contribution in [0.3, 0.4) is 0 Å². The number of halogens is 2. The first-order chi connectivity index (χ1) is 14.6. The van der Waals surface area contributed by atoms with E-state index >= 15 is 0 Å². The second-order valence-electron chi connectivity index (χ2n) is 7.73. The first kappa shape index (κ1) is 23.0. The Hall–Kier alpha value is -2.65. The van der Waals surface area contributed by atoms with Gasteiger partial charge in [-0.05, 0) is 68.8 Å². The first-order valence-corrected chi connectivity index (χ1v) is 11.8. The van der Waals surface area contributed by atoms with Crippen molar-refractivity contribution in [1.29, 1.82) is 0 Å². The molecule has 9 heteroatoms. The molecule has 1 saturated heterocycles. The topological polar surface area (TPSA) is 83.6 Å². The van der Waals surface area contributed by atoms with Crippen molar-refractivity contribution in [2.45, 2.75) is 38.3 Å². The zero-order chi connectivity index (χ0) is 22.8. The third-order valence-corrected chi connectivity index (χ3v) is 6.01. The number of anilines is 1. The molecule has 0 aliphatic carbocycles. The van der Waals surface area contributed by atoms with Crippen LogP contribution < -0.4 is 4.72 Å². The van der Waals surface area contributed by atoms with Crippen molar-refractivity contribution in [3.8, 4) is 0 Å². The number of likely N-dealkylation sites (tertiary alicyclic amines) is 1. The third kappa shape index (κ3) is 5.54. The molecule has 6 nitrogen and oxygen atoms in total. The van der Waals surface area contributed by atoms with Gasteiger partial charge in [-0.2, -0.15) is 0 Å². The summed E-state index contributed by atoms with van der Waals surface area (Å²) in [5.74, 6) is -2.66. The number of carbonyl (C=O) groups excluding carboxylic acids is 2. The van der Waals surface area contributed by atoms with Crippen LogP contribution in [0.15, 0.2) is 42.5 Å². The van der Waals surface area contributed by atoms with Gasteiger partial charge in [-0.15, -0.1) is 0 Å². The highest BCUT2D eigenvalue weighted by atomic mass is 32.2. The van der Waals surface area contributed by atoms with E-state index in [1.807, 2.05) is 0 Å². The molecule has 2 aromatic carbocycles. The van der Waals surface area contributed by atoms with Gasteiger partial charge < -0.3 is 0 Å². The van der Waals surface area contributed by atoms with Crippen LogP contribution in [0.4, 0.5) is 14.5 Å². The summed E-state index contributed by atoms with van der Waals surface area (Å²) in [4.78, 5) is 27.9. The Kier molecular flexibility index (Phi) is 6.86. The number of ketones is 2. The number of hydrogen-bond acceptors (Lipinski definition) is 5. The van der Waals surface area contributed by atoms with Gasteiger partial charge in [0.05, 0.1) is 18.3 Å². The Balaban J connectivity index is 1.79. The fraction of sp³-hybridized carbons (Fsp3) is 0.364. The van der Waals surface area contributed by atoms with Gasteiger partial charge in [-0.3, -0.25) is 19.2 Å². The molecule has 2 unspecified atom stereocenters. The largest absolute Gasteiger partial charge is 0.292 e. The summed E-state index contributed by atoms with van der Waals surface area (Å²) < 4.78 is 51.8. The van der Waals surface area contributed by atoms with E-state index in [1.54, 1.807) is 11.8 Å². The van der Waals surface area contributed by atoms with Crippen LogP contribution in [0.2, 0.25) is 0 Å². The minimum absolute atomic E-state index is 0.0756. The molecule has 2 aromatic rings. The van der Waals surface area contributed by atoms with Crippen molar-refractivity contribution in [3.63, 3.8) is 0 Å². The van der Waals surface area contributed by atoms with Crippen LogP contribution in [0, 0.1) is 11.6 Å². The number of carbonyl (C=O) groups is 2. The standard InChI is InChI=1S/C22H24F2N2O4S/c1-14(21(27)15-6-9-17(10-7-15)25-31(2,29)30)26-12-4-3-5-20(26)22(28)16-8-11-18(23)19(24)13-16/h6-11,13-14,20,25H,3-5,12H2,1-2H3. The predicted molar refractivity (Wildman–Crippen MR) is 114 cm³/mol. The molecule has 166 valence electrons. The quantitative estimate of drug-likeness (QED) is 0.651. The van der Waals surface area contributed by atoms with Gasteiger partial charge >= 0.3 is 0 Å². The van der Waals surface area contributed by atoms with Gasteiger partial charge in [-0.25, -0.2) is 17.2 Å². The van der Waals surface area contributed by atoms with E-state index < -0.39 is 33.7 Å². The lowest BCUT2D eigenvalue weighted by Gasteiger charge is -2.38. The van der Waals surface area contributed by atoms with Crippen LogP contribution in [0.1, 0.15) is 46.9 Å². The molecular formula is C22H24F2N2O4S. The van der Waals surface area contributed by atoms with E-state index in [4.69, 9.17) is 0 Å². The maximum Gasteiger partial charge on any atom is 0.229 e. The van der Waals surface area contributed by atoms with Crippen molar-refractivity contribution in [2.24, 2.45) is 0 Å². The highest BCUT2D eigenvalue weighted by Gasteiger charge is 2.35. The normalized spacial score (nSPS) is 18.4. The first-order valence-electron chi connectivity index (χ1n) is 9.94. The number of rotatable bonds is 7. The molecule has 1 aliphatic rings. The zero-order valence-corrected chi connectivity index (χ0v) is 18.1. The van der Waals surface area contributed by atoms with E-state index in [9.17, 15) is 26.8 Å². The Morgan fingerprint density at radius 1 is 1.03 bits per heavy atom. The number of benzene rings is 2. The van der Waals surface area contributed by atoms with Gasteiger partial charge in [0.2, 0.25) is 10.0 Å². The summed E-state index contributed by atoms with van der Waals surface area (Å²) in [6.45, 7) is 2.24. The summed E-state index contributed by atoms with van der Waals surface area (Å²) in [6.07, 6.45) is 3.17. The molecule has 1 aliphatic heterocycles. The summed E-state index contributed by atoms with van der Waals surface area (Å²) in [5.41, 5.74) is 0.805. The number of nitrogens with zero attached hydrogens (tertiary/aromatic N) is 1. The van der Waals surface area contributed by atoms with Crippen molar-refractivity contribution < 1.29 is 26.8 Å². The van der Waals surface area contributed by atoms with Gasteiger partial charge in [0.1, 0.15) is 0 Å². The summed E-state index contributed by atoms with van der Waals surface area (Å²) >= 11 is 0. The second kappa shape index (κ2) is 9.23. The van der Waals surface area contributed by atoms with Crippen molar-refractivity contribution in [1.82, 2.24) is 4.90 Å². The minimum Gasteiger partial charge on any atom is -0.292 e. The number of hydrogen-bond donors (Lipinski definition) is 1. The lowest BCUT2D eigenvalue weighted by atomic mass is 9.91. The maximum atomic E-state index is 13.6. The fourth-order valence-electron chi connectivity index (χ4n) is 3.85. The molecule has 0 radical (unpaired) electrons. The fourth-order valence-corrected chi connectivity index (χ4v) is 4.41. The van der Waals surface area contributed by atoms with Crippen molar-refractivity contribution in [2.75, 3.05) is 17.5 Å². The molecule has 0 saturated carbocycles. The molecule has 0 aromatic heterocycles. The van der Waals surface area contributed by atoms with Gasteiger partial charge in [-0.1, -0.05) is 6.42 Å². The Bertz CT molecular complexity index is 1090. The molecule has 1 N–H and O–H groups in total. The van der Waals surface area contributed by atoms with Gasteiger partial charge in [0.15, 0.2) is 23.2 Å². The molecular weight excluding hydrogens is 426 g/mol.